The Morgan fingerprint density at radius 3 is 2.57 bits per heavy atom. The molecule has 1 rings (SSSR count). The van der Waals surface area contributed by atoms with Gasteiger partial charge < -0.3 is 20.5 Å². The molecule has 0 heterocycles. The van der Waals surface area contributed by atoms with Crippen LogP contribution in [0.5, 0.6) is 0 Å². The lowest BCUT2D eigenvalue weighted by Crippen LogP contribution is -2.44. The van der Waals surface area contributed by atoms with Gasteiger partial charge in [-0.05, 0) is 18.6 Å². The van der Waals surface area contributed by atoms with E-state index in [2.05, 4.69) is 15.4 Å². The number of rotatable bonds is 5. The summed E-state index contributed by atoms with van der Waals surface area (Å²) in [4.78, 5) is 33.9. The minimum absolute atomic E-state index is 0.324. The molecule has 0 bridgehead atoms. The van der Waals surface area contributed by atoms with Crippen LogP contribution in [0.4, 0.5) is 10.5 Å². The number of anilines is 1. The molecule has 7 nitrogen and oxygen atoms in total. The van der Waals surface area contributed by atoms with E-state index in [-0.39, 0.29) is 0 Å². The Balaban J connectivity index is 2.74. The van der Waals surface area contributed by atoms with Crippen molar-refractivity contribution in [3.8, 4) is 0 Å². The van der Waals surface area contributed by atoms with Crippen LogP contribution in [0.3, 0.4) is 0 Å². The lowest BCUT2D eigenvalue weighted by Gasteiger charge is -2.15. The van der Waals surface area contributed by atoms with Gasteiger partial charge in [-0.15, -0.1) is 0 Å². The van der Waals surface area contributed by atoms with E-state index in [0.29, 0.717) is 10.7 Å². The lowest BCUT2D eigenvalue weighted by atomic mass is 10.2. The van der Waals surface area contributed by atoms with Crippen molar-refractivity contribution in [3.05, 3.63) is 28.8 Å². The van der Waals surface area contributed by atoms with Crippen molar-refractivity contribution in [2.45, 2.75) is 19.4 Å². The number of hydrogen-bond donors (Lipinski definition) is 3. The Morgan fingerprint density at radius 2 is 2.05 bits per heavy atom. The molecule has 0 fully saturated rings. The number of hydrogen-bond acceptors (Lipinski definition) is 4. The molecule has 2 amide bonds. The van der Waals surface area contributed by atoms with E-state index in [1.807, 2.05) is 0 Å². The summed E-state index contributed by atoms with van der Waals surface area (Å²) in [5.41, 5.74) is 1.09. The second-order valence-corrected chi connectivity index (χ2v) is 4.61. The molecule has 0 radical (unpaired) electrons. The normalized spacial score (nSPS) is 11.4. The molecular weight excluding hydrogens is 300 g/mol. The van der Waals surface area contributed by atoms with Crippen molar-refractivity contribution in [1.82, 2.24) is 5.32 Å². The Bertz CT molecular complexity index is 541. The zero-order chi connectivity index (χ0) is 16.0. The highest BCUT2D eigenvalue weighted by Gasteiger charge is 2.24. The van der Waals surface area contributed by atoms with E-state index in [0.717, 1.165) is 12.7 Å². The molecule has 0 aromatic heterocycles. The third-order valence-corrected chi connectivity index (χ3v) is 2.98. The van der Waals surface area contributed by atoms with Crippen LogP contribution in [0.15, 0.2) is 18.2 Å². The lowest BCUT2D eigenvalue weighted by molar-refractivity contribution is -0.147. The Morgan fingerprint density at radius 1 is 1.38 bits per heavy atom. The van der Waals surface area contributed by atoms with Crippen LogP contribution in [0, 0.1) is 6.92 Å². The largest absolute Gasteiger partial charge is 0.480 e. The fourth-order valence-corrected chi connectivity index (χ4v) is 1.82. The number of carboxylic acid groups (broad SMARTS) is 1. The van der Waals surface area contributed by atoms with Gasteiger partial charge in [-0.2, -0.15) is 0 Å². The van der Waals surface area contributed by atoms with E-state index in [9.17, 15) is 14.4 Å². The molecule has 0 aliphatic heterocycles. The van der Waals surface area contributed by atoms with Gasteiger partial charge in [0, 0.05) is 0 Å². The number of amides is 2. The number of carboxylic acids is 1. The summed E-state index contributed by atoms with van der Waals surface area (Å²) in [7, 11) is 1.13. The van der Waals surface area contributed by atoms with Gasteiger partial charge in [0.2, 0.25) is 0 Å². The molecule has 0 spiro atoms. The summed E-state index contributed by atoms with van der Waals surface area (Å²) in [6, 6.07) is 2.89. The van der Waals surface area contributed by atoms with E-state index in [4.69, 9.17) is 16.7 Å². The summed E-state index contributed by atoms with van der Waals surface area (Å²) >= 11 is 5.95. The minimum Gasteiger partial charge on any atom is -0.480 e. The van der Waals surface area contributed by atoms with E-state index >= 15 is 0 Å². The van der Waals surface area contributed by atoms with Gasteiger partial charge in [0.25, 0.3) is 0 Å². The van der Waals surface area contributed by atoms with Crippen molar-refractivity contribution < 1.29 is 24.2 Å². The maximum atomic E-state index is 11.8. The van der Waals surface area contributed by atoms with E-state index in [1.165, 1.54) is 0 Å². The number of ether oxygens (including phenoxy) is 1. The first-order valence-electron chi connectivity index (χ1n) is 5.97. The number of methoxy groups -OCH3 is 1. The van der Waals surface area contributed by atoms with Crippen LogP contribution in [0.25, 0.3) is 0 Å². The average molecular weight is 315 g/mol. The number of carbonyl (C=O) groups excluding carboxylic acids is 2. The van der Waals surface area contributed by atoms with Crippen molar-refractivity contribution in [2.75, 3.05) is 12.4 Å². The Hall–Kier alpha value is -2.28. The second kappa shape index (κ2) is 7.49. The summed E-state index contributed by atoms with van der Waals surface area (Å²) in [5, 5.41) is 13.9. The highest BCUT2D eigenvalue weighted by Crippen LogP contribution is 2.24. The maximum absolute atomic E-state index is 11.8. The monoisotopic (exact) mass is 314 g/mol. The summed E-state index contributed by atoms with van der Waals surface area (Å²) in [6.07, 6.45) is -0.471. The minimum atomic E-state index is -1.39. The van der Waals surface area contributed by atoms with Gasteiger partial charge in [-0.1, -0.05) is 23.7 Å². The molecule has 21 heavy (non-hydrogen) atoms. The summed E-state index contributed by atoms with van der Waals surface area (Å²) in [5.74, 6) is -2.08. The number of urea groups is 1. The number of benzene rings is 1. The van der Waals surface area contributed by atoms with Gasteiger partial charge in [0.15, 0.2) is 0 Å². The SMILES string of the molecule is COC(=O)C[C@H](NC(=O)Nc1c(C)cccc1Cl)C(=O)O. The van der Waals surface area contributed by atoms with Crippen LogP contribution in [0.2, 0.25) is 5.02 Å². The second-order valence-electron chi connectivity index (χ2n) is 4.20. The fraction of sp³-hybridized carbons (Fsp3) is 0.308. The predicted molar refractivity (Wildman–Crippen MR) is 76.4 cm³/mol. The van der Waals surface area contributed by atoms with Crippen LogP contribution in [0.1, 0.15) is 12.0 Å². The molecule has 3 N–H and O–H groups in total. The van der Waals surface area contributed by atoms with Gasteiger partial charge >= 0.3 is 18.0 Å². The zero-order valence-corrected chi connectivity index (χ0v) is 12.2. The van der Waals surface area contributed by atoms with Crippen molar-refractivity contribution >= 4 is 35.3 Å². The highest BCUT2D eigenvalue weighted by molar-refractivity contribution is 6.33. The zero-order valence-electron chi connectivity index (χ0n) is 11.5. The molecule has 1 aromatic rings. The van der Waals surface area contributed by atoms with E-state index in [1.54, 1.807) is 25.1 Å². The smallest absolute Gasteiger partial charge is 0.326 e. The number of esters is 1. The Kier molecular flexibility index (Phi) is 5.98. The highest BCUT2D eigenvalue weighted by atomic mass is 35.5. The number of carbonyl (C=O) groups is 3. The molecule has 114 valence electrons. The first kappa shape index (κ1) is 16.8. The molecule has 1 atom stereocenters. The van der Waals surface area contributed by atoms with Crippen molar-refractivity contribution in [1.29, 1.82) is 0 Å². The van der Waals surface area contributed by atoms with Crippen molar-refractivity contribution in [3.63, 3.8) is 0 Å². The van der Waals surface area contributed by atoms with Gasteiger partial charge in [-0.25, -0.2) is 9.59 Å². The average Bonchev–Trinajstić information content (AvgIpc) is 2.42. The maximum Gasteiger partial charge on any atom is 0.326 e. The van der Waals surface area contributed by atoms with Crippen molar-refractivity contribution in [2.24, 2.45) is 0 Å². The van der Waals surface area contributed by atoms with Crippen LogP contribution >= 0.6 is 11.6 Å². The standard InChI is InChI=1S/C13H15ClN2O5/c1-7-4-3-5-8(14)11(7)16-13(20)15-9(12(18)19)6-10(17)21-2/h3-5,9H,6H2,1-2H3,(H,18,19)(H2,15,16,20)/t9-/m0/s1. The quantitative estimate of drug-likeness (QED) is 0.719. The Labute approximate surface area is 126 Å². The number of para-hydroxylation sites is 1. The number of aryl methyl sites for hydroxylation is 1. The number of nitrogens with one attached hydrogen (secondary N) is 2. The predicted octanol–water partition coefficient (Wildman–Crippen LogP) is 1.79. The molecule has 0 unspecified atom stereocenters. The molecule has 0 aliphatic rings. The molecule has 0 aliphatic carbocycles. The van der Waals surface area contributed by atoms with Crippen LogP contribution in [-0.4, -0.2) is 36.2 Å². The number of halogens is 1. The van der Waals surface area contributed by atoms with E-state index < -0.39 is 30.4 Å². The molecule has 8 heteroatoms. The molecular formula is C13H15ClN2O5. The fourth-order valence-electron chi connectivity index (χ4n) is 1.55. The topological polar surface area (TPSA) is 105 Å². The molecule has 1 aromatic carbocycles. The number of aliphatic carboxylic acids is 1. The third kappa shape index (κ3) is 4.96. The van der Waals surface area contributed by atoms with Gasteiger partial charge in [-0.3, -0.25) is 4.79 Å². The first-order valence-corrected chi connectivity index (χ1v) is 6.35. The first-order chi connectivity index (χ1) is 9.85. The third-order valence-electron chi connectivity index (χ3n) is 2.66. The summed E-state index contributed by atoms with van der Waals surface area (Å²) in [6.45, 7) is 1.74. The molecule has 0 saturated carbocycles. The van der Waals surface area contributed by atoms with Gasteiger partial charge in [0.1, 0.15) is 6.04 Å². The van der Waals surface area contributed by atoms with Crippen LogP contribution in [-0.2, 0) is 14.3 Å². The molecule has 0 saturated heterocycles. The summed E-state index contributed by atoms with van der Waals surface area (Å²) < 4.78 is 4.37. The van der Waals surface area contributed by atoms with Crippen LogP contribution < -0.4 is 10.6 Å². The van der Waals surface area contributed by atoms with Gasteiger partial charge in [0.05, 0.1) is 24.2 Å².